The molecular weight excluding hydrogens is 345 g/mol. The third kappa shape index (κ3) is 4.49. The van der Waals surface area contributed by atoms with Crippen LogP contribution in [0.1, 0.15) is 39.7 Å². The monoisotopic (exact) mass is 373 g/mol. The zero-order valence-electron chi connectivity index (χ0n) is 16.7. The van der Waals surface area contributed by atoms with Gasteiger partial charge in [0.2, 0.25) is 0 Å². The van der Waals surface area contributed by atoms with E-state index in [2.05, 4.69) is 22.1 Å². The highest BCUT2D eigenvalue weighted by molar-refractivity contribution is 5.94. The first kappa shape index (κ1) is 19.4. The van der Waals surface area contributed by atoms with Crippen LogP contribution in [-0.2, 0) is 4.74 Å². The Labute approximate surface area is 159 Å². The molecule has 1 aliphatic heterocycles. The molecule has 0 spiro atoms. The van der Waals surface area contributed by atoms with E-state index in [4.69, 9.17) is 4.74 Å². The number of fused-ring (bicyclic) bond motifs is 1. The Hall–Kier alpha value is -2.37. The van der Waals surface area contributed by atoms with Crippen LogP contribution in [-0.4, -0.2) is 35.8 Å². The molecule has 27 heavy (non-hydrogen) atoms. The molecular formula is C21H28FN3O2. The zero-order chi connectivity index (χ0) is 19.8. The first-order valence-electron chi connectivity index (χ1n) is 9.42. The molecule has 1 N–H and O–H groups in total. The van der Waals surface area contributed by atoms with Crippen molar-refractivity contribution in [2.75, 3.05) is 18.0 Å². The van der Waals surface area contributed by atoms with Gasteiger partial charge in [-0.2, -0.15) is 0 Å². The lowest BCUT2D eigenvalue weighted by Gasteiger charge is -2.39. The highest BCUT2D eigenvalue weighted by Gasteiger charge is 2.29. The molecule has 1 aromatic carbocycles. The number of hydrogen-bond donors (Lipinski definition) is 1. The van der Waals surface area contributed by atoms with Crippen LogP contribution in [0.4, 0.5) is 14.9 Å². The van der Waals surface area contributed by atoms with Crippen LogP contribution < -0.4 is 10.2 Å². The first-order chi connectivity index (χ1) is 12.6. The fourth-order valence-electron chi connectivity index (χ4n) is 3.72. The van der Waals surface area contributed by atoms with Crippen molar-refractivity contribution in [1.29, 1.82) is 0 Å². The average molecular weight is 373 g/mol. The van der Waals surface area contributed by atoms with Gasteiger partial charge in [0.15, 0.2) is 0 Å². The Bertz CT molecular complexity index is 847. The number of benzene rings is 1. The number of nitrogens with zero attached hydrogens (tertiary/aromatic N) is 2. The number of halogens is 1. The van der Waals surface area contributed by atoms with Gasteiger partial charge in [0.1, 0.15) is 11.4 Å². The zero-order valence-corrected chi connectivity index (χ0v) is 16.7. The summed E-state index contributed by atoms with van der Waals surface area (Å²) in [4.78, 5) is 18.7. The number of aromatic nitrogens is 1. The van der Waals surface area contributed by atoms with Gasteiger partial charge in [0.05, 0.1) is 5.52 Å². The highest BCUT2D eigenvalue weighted by Crippen LogP contribution is 2.32. The number of hydrogen-bond acceptors (Lipinski definition) is 4. The van der Waals surface area contributed by atoms with Gasteiger partial charge in [-0.15, -0.1) is 0 Å². The molecule has 0 aliphatic carbocycles. The molecule has 2 heterocycles. The Morgan fingerprint density at radius 2 is 2.11 bits per heavy atom. The summed E-state index contributed by atoms with van der Waals surface area (Å²) in [6, 6.07) is 5.37. The van der Waals surface area contributed by atoms with E-state index in [0.29, 0.717) is 23.5 Å². The summed E-state index contributed by atoms with van der Waals surface area (Å²) < 4.78 is 19.9. The van der Waals surface area contributed by atoms with Gasteiger partial charge in [-0.1, -0.05) is 6.92 Å². The molecule has 0 bridgehead atoms. The maximum Gasteiger partial charge on any atom is 0.407 e. The molecule has 3 rings (SSSR count). The second-order valence-electron chi connectivity index (χ2n) is 8.49. The van der Waals surface area contributed by atoms with Crippen molar-refractivity contribution in [3.05, 3.63) is 35.8 Å². The van der Waals surface area contributed by atoms with Gasteiger partial charge in [-0.3, -0.25) is 4.98 Å². The van der Waals surface area contributed by atoms with Gasteiger partial charge in [-0.05, 0) is 58.2 Å². The minimum Gasteiger partial charge on any atom is -0.444 e. The maximum absolute atomic E-state index is 14.5. The van der Waals surface area contributed by atoms with Crippen molar-refractivity contribution in [2.24, 2.45) is 5.92 Å². The summed E-state index contributed by atoms with van der Waals surface area (Å²) in [6.07, 6.45) is 2.13. The van der Waals surface area contributed by atoms with Gasteiger partial charge < -0.3 is 15.0 Å². The molecule has 1 fully saturated rings. The number of anilines is 1. The second kappa shape index (κ2) is 7.33. The van der Waals surface area contributed by atoms with Crippen LogP contribution in [0.25, 0.3) is 10.9 Å². The molecule has 2 aromatic rings. The summed E-state index contributed by atoms with van der Waals surface area (Å²) in [5, 5.41) is 3.90. The lowest BCUT2D eigenvalue weighted by Crippen LogP contribution is -2.51. The Morgan fingerprint density at radius 1 is 1.37 bits per heavy atom. The van der Waals surface area contributed by atoms with E-state index in [-0.39, 0.29) is 11.9 Å². The minimum absolute atomic E-state index is 0.0558. The third-order valence-corrected chi connectivity index (χ3v) is 4.78. The molecule has 0 saturated carbocycles. The van der Waals surface area contributed by atoms with E-state index in [1.165, 1.54) is 0 Å². The van der Waals surface area contributed by atoms with Gasteiger partial charge in [0.25, 0.3) is 0 Å². The number of ether oxygens (including phenoxy) is 1. The van der Waals surface area contributed by atoms with E-state index in [1.54, 1.807) is 19.2 Å². The molecule has 1 aliphatic rings. The lowest BCUT2D eigenvalue weighted by atomic mass is 9.94. The smallest absolute Gasteiger partial charge is 0.407 e. The van der Waals surface area contributed by atoms with Crippen molar-refractivity contribution in [2.45, 2.75) is 52.7 Å². The van der Waals surface area contributed by atoms with E-state index < -0.39 is 11.7 Å². The predicted molar refractivity (Wildman–Crippen MR) is 106 cm³/mol. The Kier molecular flexibility index (Phi) is 5.27. The average Bonchev–Trinajstić information content (AvgIpc) is 2.55. The number of carbonyl (C=O) groups excluding carboxylic acids is 1. The molecule has 0 unspecified atom stereocenters. The quantitative estimate of drug-likeness (QED) is 0.847. The van der Waals surface area contributed by atoms with Crippen LogP contribution >= 0.6 is 0 Å². The molecule has 6 heteroatoms. The summed E-state index contributed by atoms with van der Waals surface area (Å²) >= 11 is 0. The van der Waals surface area contributed by atoms with Crippen molar-refractivity contribution in [3.63, 3.8) is 0 Å². The van der Waals surface area contributed by atoms with Crippen LogP contribution in [0.3, 0.4) is 0 Å². The number of pyridine rings is 1. The van der Waals surface area contributed by atoms with Crippen LogP contribution in [0, 0.1) is 18.7 Å². The fraction of sp³-hybridized carbons (Fsp3) is 0.524. The maximum atomic E-state index is 14.5. The highest BCUT2D eigenvalue weighted by atomic mass is 19.1. The summed E-state index contributed by atoms with van der Waals surface area (Å²) in [7, 11) is 0. The standard InChI is InChI=1S/C21H28FN3O2/c1-13-9-15(24-20(26)27-21(3,4)5)12-25(11-13)18-10-17(22)14(2)19-16(18)7-6-8-23-19/h6-8,10,13,15H,9,11-12H2,1-5H3,(H,24,26)/t13-,15+/m0/s1. The lowest BCUT2D eigenvalue weighted by molar-refractivity contribution is 0.0495. The Balaban J connectivity index is 1.86. The molecule has 146 valence electrons. The molecule has 1 saturated heterocycles. The van der Waals surface area contributed by atoms with E-state index in [0.717, 1.165) is 24.0 Å². The first-order valence-corrected chi connectivity index (χ1v) is 9.42. The summed E-state index contributed by atoms with van der Waals surface area (Å²) in [6.45, 7) is 10.8. The van der Waals surface area contributed by atoms with Crippen molar-refractivity contribution in [3.8, 4) is 0 Å². The van der Waals surface area contributed by atoms with E-state index in [9.17, 15) is 9.18 Å². The second-order valence-corrected chi connectivity index (χ2v) is 8.49. The molecule has 1 amide bonds. The van der Waals surface area contributed by atoms with Gasteiger partial charge in [-0.25, -0.2) is 9.18 Å². The predicted octanol–water partition coefficient (Wildman–Crippen LogP) is 4.42. The molecule has 5 nitrogen and oxygen atoms in total. The number of nitrogens with one attached hydrogen (secondary N) is 1. The largest absolute Gasteiger partial charge is 0.444 e. The normalized spacial score (nSPS) is 20.6. The summed E-state index contributed by atoms with van der Waals surface area (Å²) in [5.41, 5.74) is 1.53. The van der Waals surface area contributed by atoms with Gasteiger partial charge in [0, 0.05) is 42.0 Å². The van der Waals surface area contributed by atoms with Crippen molar-refractivity contribution < 1.29 is 13.9 Å². The molecule has 0 radical (unpaired) electrons. The minimum atomic E-state index is -0.536. The summed E-state index contributed by atoms with van der Waals surface area (Å²) in [5.74, 6) is 0.0980. The SMILES string of the molecule is Cc1c(F)cc(N2C[C@@H](C)C[C@@H](NC(=O)OC(C)(C)C)C2)c2cccnc12. The van der Waals surface area contributed by atoms with Crippen LogP contribution in [0.5, 0.6) is 0 Å². The number of rotatable bonds is 2. The molecule has 1 aromatic heterocycles. The fourth-order valence-corrected chi connectivity index (χ4v) is 3.72. The number of carbonyl (C=O) groups is 1. The number of alkyl carbamates (subject to hydrolysis) is 1. The molecule has 2 atom stereocenters. The van der Waals surface area contributed by atoms with Crippen LogP contribution in [0.2, 0.25) is 0 Å². The number of piperidine rings is 1. The Morgan fingerprint density at radius 3 is 2.81 bits per heavy atom. The third-order valence-electron chi connectivity index (χ3n) is 4.78. The van der Waals surface area contributed by atoms with E-state index >= 15 is 0 Å². The van der Waals surface area contributed by atoms with Crippen molar-refractivity contribution >= 4 is 22.7 Å². The topological polar surface area (TPSA) is 54.5 Å². The van der Waals surface area contributed by atoms with Crippen LogP contribution in [0.15, 0.2) is 24.4 Å². The number of aryl methyl sites for hydroxylation is 1. The van der Waals surface area contributed by atoms with Gasteiger partial charge >= 0.3 is 6.09 Å². The van der Waals surface area contributed by atoms with E-state index in [1.807, 2.05) is 32.9 Å². The number of amides is 1. The van der Waals surface area contributed by atoms with Crippen molar-refractivity contribution in [1.82, 2.24) is 10.3 Å².